The molecule has 0 aromatic carbocycles. The smallest absolute Gasteiger partial charge is 0.315 e. The van der Waals surface area contributed by atoms with Gasteiger partial charge in [-0.25, -0.2) is 9.78 Å². The molecule has 0 radical (unpaired) electrons. The van der Waals surface area contributed by atoms with Crippen LogP contribution in [-0.2, 0) is 4.79 Å². The number of nitrogens with zero attached hydrogens (tertiary/aromatic N) is 1. The molecule has 1 rings (SSSR count). The largest absolute Gasteiger partial charge is 0.481 e. The normalized spacial score (nSPS) is 13.8. The first kappa shape index (κ1) is 16.4. The quantitative estimate of drug-likeness (QED) is 0.751. The molecule has 0 fully saturated rings. The average molecular weight is 299 g/mol. The molecule has 2 atom stereocenters. The Morgan fingerprint density at radius 1 is 1.35 bits per heavy atom. The summed E-state index contributed by atoms with van der Waals surface area (Å²) in [6, 6.07) is -0.964. The van der Waals surface area contributed by atoms with Crippen molar-refractivity contribution in [2.45, 2.75) is 46.2 Å². The molecule has 7 heteroatoms. The lowest BCUT2D eigenvalue weighted by atomic mass is 10.0. The fourth-order valence-corrected chi connectivity index (χ4v) is 2.48. The van der Waals surface area contributed by atoms with Crippen LogP contribution in [0.2, 0.25) is 0 Å². The van der Waals surface area contributed by atoms with Gasteiger partial charge in [-0.2, -0.15) is 0 Å². The van der Waals surface area contributed by atoms with Gasteiger partial charge in [-0.3, -0.25) is 4.79 Å². The number of aryl methyl sites for hydroxylation is 1. The zero-order valence-corrected chi connectivity index (χ0v) is 13.0. The van der Waals surface area contributed by atoms with Gasteiger partial charge < -0.3 is 15.7 Å². The van der Waals surface area contributed by atoms with Crippen molar-refractivity contribution in [1.29, 1.82) is 0 Å². The van der Waals surface area contributed by atoms with E-state index in [1.54, 1.807) is 0 Å². The van der Waals surface area contributed by atoms with E-state index in [0.29, 0.717) is 0 Å². The van der Waals surface area contributed by atoms with E-state index in [1.165, 1.54) is 11.3 Å². The van der Waals surface area contributed by atoms with E-state index in [2.05, 4.69) is 15.6 Å². The van der Waals surface area contributed by atoms with Crippen molar-refractivity contribution in [3.8, 4) is 0 Å². The molecule has 20 heavy (non-hydrogen) atoms. The van der Waals surface area contributed by atoms with Gasteiger partial charge in [-0.15, -0.1) is 11.3 Å². The second kappa shape index (κ2) is 7.23. The van der Waals surface area contributed by atoms with E-state index in [4.69, 9.17) is 5.11 Å². The van der Waals surface area contributed by atoms with Gasteiger partial charge in [0, 0.05) is 17.1 Å². The van der Waals surface area contributed by atoms with Crippen LogP contribution in [0.15, 0.2) is 5.38 Å². The summed E-state index contributed by atoms with van der Waals surface area (Å²) in [6.07, 6.45) is -0.0875. The lowest BCUT2D eigenvalue weighted by Gasteiger charge is -2.22. The van der Waals surface area contributed by atoms with Crippen LogP contribution in [0, 0.1) is 12.8 Å². The molecule has 112 valence electrons. The van der Waals surface area contributed by atoms with Gasteiger partial charge in [0.15, 0.2) is 0 Å². The summed E-state index contributed by atoms with van der Waals surface area (Å²) in [5.41, 5.74) is 0.921. The summed E-state index contributed by atoms with van der Waals surface area (Å²) >= 11 is 1.49. The van der Waals surface area contributed by atoms with Crippen LogP contribution in [0.5, 0.6) is 0 Å². The summed E-state index contributed by atoms with van der Waals surface area (Å²) in [6.45, 7) is 7.50. The molecule has 1 aromatic rings. The molecule has 2 unspecified atom stereocenters. The van der Waals surface area contributed by atoms with E-state index >= 15 is 0 Å². The van der Waals surface area contributed by atoms with Crippen LogP contribution >= 0.6 is 11.3 Å². The number of nitrogens with one attached hydrogen (secondary N) is 2. The van der Waals surface area contributed by atoms with Crippen LogP contribution in [0.1, 0.15) is 43.9 Å². The second-order valence-corrected chi connectivity index (χ2v) is 6.00. The molecule has 0 aliphatic rings. The molecule has 3 N–H and O–H groups in total. The first-order valence-electron chi connectivity index (χ1n) is 6.50. The Balaban J connectivity index is 2.55. The molecule has 0 saturated heterocycles. The van der Waals surface area contributed by atoms with Gasteiger partial charge in [0.1, 0.15) is 5.01 Å². The molecule has 1 heterocycles. The Morgan fingerprint density at radius 3 is 2.45 bits per heavy atom. The lowest BCUT2D eigenvalue weighted by Crippen LogP contribution is -2.46. The number of rotatable bonds is 6. The summed E-state index contributed by atoms with van der Waals surface area (Å²) in [7, 11) is 0. The van der Waals surface area contributed by atoms with Gasteiger partial charge in [0.2, 0.25) is 0 Å². The summed E-state index contributed by atoms with van der Waals surface area (Å²) in [5, 5.41) is 17.1. The van der Waals surface area contributed by atoms with Gasteiger partial charge in [0.25, 0.3) is 0 Å². The van der Waals surface area contributed by atoms with Crippen molar-refractivity contribution >= 4 is 23.3 Å². The van der Waals surface area contributed by atoms with Crippen molar-refractivity contribution in [2.75, 3.05) is 0 Å². The van der Waals surface area contributed by atoms with Gasteiger partial charge in [-0.1, -0.05) is 13.8 Å². The summed E-state index contributed by atoms with van der Waals surface area (Å²) < 4.78 is 0. The third-order valence-electron chi connectivity index (χ3n) is 2.87. The minimum atomic E-state index is -0.924. The van der Waals surface area contributed by atoms with Crippen LogP contribution in [0.25, 0.3) is 0 Å². The van der Waals surface area contributed by atoms with Gasteiger partial charge in [-0.05, 0) is 19.8 Å². The van der Waals surface area contributed by atoms with E-state index in [1.807, 2.05) is 33.1 Å². The molecule has 2 amide bonds. The molecule has 0 bridgehead atoms. The average Bonchev–Trinajstić information content (AvgIpc) is 2.74. The van der Waals surface area contributed by atoms with E-state index in [0.717, 1.165) is 10.7 Å². The number of carbonyl (C=O) groups excluding carboxylic acids is 1. The number of thiazole rings is 1. The zero-order chi connectivity index (χ0) is 15.3. The van der Waals surface area contributed by atoms with Crippen molar-refractivity contribution in [2.24, 2.45) is 5.92 Å². The molecule has 1 aromatic heterocycles. The van der Waals surface area contributed by atoms with Crippen LogP contribution in [0.3, 0.4) is 0 Å². The third-order valence-corrected chi connectivity index (χ3v) is 4.02. The van der Waals surface area contributed by atoms with Crippen molar-refractivity contribution in [3.63, 3.8) is 0 Å². The number of amides is 2. The predicted octanol–water partition coefficient (Wildman–Crippen LogP) is 2.31. The molecule has 0 aliphatic carbocycles. The van der Waals surface area contributed by atoms with Gasteiger partial charge in [0.05, 0.1) is 12.5 Å². The number of aliphatic carboxylic acids is 1. The number of aromatic nitrogens is 1. The lowest BCUT2D eigenvalue weighted by molar-refractivity contribution is -0.137. The Hall–Kier alpha value is -1.63. The van der Waals surface area contributed by atoms with Crippen LogP contribution < -0.4 is 10.6 Å². The highest BCUT2D eigenvalue weighted by atomic mass is 32.1. The Kier molecular flexibility index (Phi) is 5.94. The molecular formula is C13H21N3O3S. The molecule has 0 aliphatic heterocycles. The SMILES string of the molecule is Cc1csc(C(C)NC(=O)NC(CC(=O)O)C(C)C)n1. The first-order valence-corrected chi connectivity index (χ1v) is 7.38. The van der Waals surface area contributed by atoms with Gasteiger partial charge >= 0.3 is 12.0 Å². The number of hydrogen-bond acceptors (Lipinski definition) is 4. The van der Waals surface area contributed by atoms with Crippen molar-refractivity contribution in [1.82, 2.24) is 15.6 Å². The Morgan fingerprint density at radius 2 is 2.00 bits per heavy atom. The molecule has 6 nitrogen and oxygen atoms in total. The van der Waals surface area contributed by atoms with E-state index in [9.17, 15) is 9.59 Å². The monoisotopic (exact) mass is 299 g/mol. The maximum absolute atomic E-state index is 11.9. The maximum Gasteiger partial charge on any atom is 0.315 e. The van der Waals surface area contributed by atoms with Crippen molar-refractivity contribution in [3.05, 3.63) is 16.1 Å². The fraction of sp³-hybridized carbons (Fsp3) is 0.615. The molecule has 0 spiro atoms. The predicted molar refractivity (Wildman–Crippen MR) is 77.8 cm³/mol. The molecular weight excluding hydrogens is 278 g/mol. The highest BCUT2D eigenvalue weighted by molar-refractivity contribution is 7.09. The summed E-state index contributed by atoms with van der Waals surface area (Å²) in [4.78, 5) is 27.0. The number of carbonyl (C=O) groups is 2. The highest BCUT2D eigenvalue weighted by Gasteiger charge is 2.20. The first-order chi connectivity index (χ1) is 9.29. The fourth-order valence-electron chi connectivity index (χ4n) is 1.68. The topological polar surface area (TPSA) is 91.3 Å². The maximum atomic E-state index is 11.9. The number of urea groups is 1. The molecule has 0 saturated carbocycles. The number of carboxylic acid groups (broad SMARTS) is 1. The Bertz CT molecular complexity index is 473. The van der Waals surface area contributed by atoms with Crippen molar-refractivity contribution < 1.29 is 14.7 Å². The second-order valence-electron chi connectivity index (χ2n) is 5.11. The van der Waals surface area contributed by atoms with E-state index in [-0.39, 0.29) is 24.4 Å². The third kappa shape index (κ3) is 5.16. The number of carboxylic acids is 1. The van der Waals surface area contributed by atoms with Crippen LogP contribution in [-0.4, -0.2) is 28.1 Å². The minimum Gasteiger partial charge on any atom is -0.481 e. The zero-order valence-electron chi connectivity index (χ0n) is 12.1. The Labute approximate surface area is 122 Å². The number of hydrogen-bond donors (Lipinski definition) is 3. The van der Waals surface area contributed by atoms with Crippen LogP contribution in [0.4, 0.5) is 4.79 Å². The standard InChI is InChI=1S/C13H21N3O3S/c1-7(2)10(5-11(17)18)16-13(19)15-9(4)12-14-8(3)6-20-12/h6-7,9-10H,5H2,1-4H3,(H,17,18)(H2,15,16,19). The highest BCUT2D eigenvalue weighted by Crippen LogP contribution is 2.17. The minimum absolute atomic E-state index is 0.0502. The summed E-state index contributed by atoms with van der Waals surface area (Å²) in [5.74, 6) is -0.873. The van der Waals surface area contributed by atoms with E-state index < -0.39 is 12.0 Å².